The Hall–Kier alpha value is -0.970. The Morgan fingerprint density at radius 3 is 2.56 bits per heavy atom. The molecular weight excluding hydrogens is 244 g/mol. The molecule has 0 saturated carbocycles. The lowest BCUT2D eigenvalue weighted by Gasteiger charge is -2.18. The fraction of sp³-hybridized carbons (Fsp3) is 0.692. The van der Waals surface area contributed by atoms with Crippen molar-refractivity contribution in [3.8, 4) is 0 Å². The van der Waals surface area contributed by atoms with Gasteiger partial charge in [-0.05, 0) is 26.0 Å². The second kappa shape index (κ2) is 8.19. The number of hydrogen-bond donors (Lipinski definition) is 2. The maximum absolute atomic E-state index is 4.37. The van der Waals surface area contributed by atoms with E-state index < -0.39 is 0 Å². The van der Waals surface area contributed by atoms with E-state index >= 15 is 0 Å². The van der Waals surface area contributed by atoms with Crippen molar-refractivity contribution >= 4 is 23.4 Å². The first-order valence-corrected chi connectivity index (χ1v) is 7.80. The van der Waals surface area contributed by atoms with Crippen LogP contribution in [0.3, 0.4) is 0 Å². The Labute approximate surface area is 114 Å². The fourth-order valence-corrected chi connectivity index (χ4v) is 2.43. The first-order chi connectivity index (χ1) is 8.72. The van der Waals surface area contributed by atoms with Gasteiger partial charge < -0.3 is 10.6 Å². The van der Waals surface area contributed by atoms with Crippen LogP contribution >= 0.6 is 11.8 Å². The number of aromatic nitrogens is 2. The van der Waals surface area contributed by atoms with Gasteiger partial charge in [-0.3, -0.25) is 0 Å². The van der Waals surface area contributed by atoms with Crippen LogP contribution in [0, 0.1) is 0 Å². The van der Waals surface area contributed by atoms with Gasteiger partial charge in [0.15, 0.2) is 0 Å². The topological polar surface area (TPSA) is 49.8 Å². The molecule has 0 aliphatic rings. The van der Waals surface area contributed by atoms with E-state index in [0.29, 0.717) is 6.04 Å². The molecule has 0 aromatic carbocycles. The monoisotopic (exact) mass is 268 g/mol. The van der Waals surface area contributed by atoms with Crippen molar-refractivity contribution in [2.45, 2.75) is 40.2 Å². The molecule has 1 aromatic heterocycles. The minimum atomic E-state index is 0.421. The Bertz CT molecular complexity index is 357. The van der Waals surface area contributed by atoms with Crippen LogP contribution in [0.2, 0.25) is 0 Å². The van der Waals surface area contributed by atoms with Crippen molar-refractivity contribution in [2.75, 3.05) is 28.7 Å². The van der Waals surface area contributed by atoms with Crippen molar-refractivity contribution in [3.05, 3.63) is 11.9 Å². The summed E-state index contributed by atoms with van der Waals surface area (Å²) >= 11 is 1.94. The molecule has 0 amide bonds. The van der Waals surface area contributed by atoms with Gasteiger partial charge in [0.25, 0.3) is 0 Å². The molecule has 1 rings (SSSR count). The third kappa shape index (κ3) is 4.37. The zero-order chi connectivity index (χ0) is 13.4. The van der Waals surface area contributed by atoms with Crippen LogP contribution in [0.4, 0.5) is 11.6 Å². The third-order valence-corrected chi connectivity index (χ3v) is 3.74. The number of nitrogens with one attached hydrogen (secondary N) is 2. The average molecular weight is 268 g/mol. The minimum absolute atomic E-state index is 0.421. The van der Waals surface area contributed by atoms with Gasteiger partial charge in [0.2, 0.25) is 0 Å². The van der Waals surface area contributed by atoms with Crippen molar-refractivity contribution < 1.29 is 0 Å². The van der Waals surface area contributed by atoms with E-state index in [1.807, 2.05) is 11.8 Å². The van der Waals surface area contributed by atoms with Crippen molar-refractivity contribution in [2.24, 2.45) is 0 Å². The van der Waals surface area contributed by atoms with E-state index in [4.69, 9.17) is 0 Å². The molecule has 0 aliphatic heterocycles. The summed E-state index contributed by atoms with van der Waals surface area (Å²) in [5.74, 6) is 4.17. The van der Waals surface area contributed by atoms with Gasteiger partial charge >= 0.3 is 0 Å². The molecule has 0 aliphatic carbocycles. The van der Waals surface area contributed by atoms with Crippen molar-refractivity contribution in [1.82, 2.24) is 9.97 Å². The standard InChI is InChI=1S/C13H24N4S/c1-5-11-12(14-6-2)15-9-16-13(11)17-10(4)8-18-7-3/h9-10H,5-8H2,1-4H3,(H2,14,15,16,17). The molecule has 5 heteroatoms. The van der Waals surface area contributed by atoms with Gasteiger partial charge in [0, 0.05) is 23.9 Å². The molecule has 4 nitrogen and oxygen atoms in total. The van der Waals surface area contributed by atoms with Gasteiger partial charge in [-0.15, -0.1) is 0 Å². The van der Waals surface area contributed by atoms with Gasteiger partial charge in [0.05, 0.1) is 0 Å². The number of anilines is 2. The van der Waals surface area contributed by atoms with Crippen LogP contribution in [0.15, 0.2) is 6.33 Å². The summed E-state index contributed by atoms with van der Waals surface area (Å²) in [5, 5.41) is 6.77. The first-order valence-electron chi connectivity index (χ1n) is 6.64. The Morgan fingerprint density at radius 2 is 1.94 bits per heavy atom. The number of hydrogen-bond acceptors (Lipinski definition) is 5. The predicted molar refractivity (Wildman–Crippen MR) is 81.7 cm³/mol. The predicted octanol–water partition coefficient (Wildman–Crippen LogP) is 3.02. The first kappa shape index (κ1) is 15.1. The van der Waals surface area contributed by atoms with Gasteiger partial charge in [0.1, 0.15) is 18.0 Å². The van der Waals surface area contributed by atoms with Crippen molar-refractivity contribution in [1.29, 1.82) is 0 Å². The zero-order valence-corrected chi connectivity index (χ0v) is 12.6. The highest BCUT2D eigenvalue weighted by Gasteiger charge is 2.11. The lowest BCUT2D eigenvalue weighted by atomic mass is 10.2. The second-order valence-corrected chi connectivity index (χ2v) is 5.46. The molecule has 0 radical (unpaired) electrons. The summed E-state index contributed by atoms with van der Waals surface area (Å²) in [6.07, 6.45) is 2.55. The van der Waals surface area contributed by atoms with Gasteiger partial charge in [-0.25, -0.2) is 9.97 Å². The SMILES string of the molecule is CCNc1ncnc(NC(C)CSCC)c1CC. The van der Waals surface area contributed by atoms with E-state index in [2.05, 4.69) is 48.3 Å². The van der Waals surface area contributed by atoms with Crippen LogP contribution in [-0.2, 0) is 6.42 Å². The maximum Gasteiger partial charge on any atom is 0.134 e. The average Bonchev–Trinajstić information content (AvgIpc) is 2.37. The highest BCUT2D eigenvalue weighted by Crippen LogP contribution is 2.21. The zero-order valence-electron chi connectivity index (χ0n) is 11.8. The van der Waals surface area contributed by atoms with E-state index in [1.165, 1.54) is 5.56 Å². The van der Waals surface area contributed by atoms with Gasteiger partial charge in [-0.2, -0.15) is 11.8 Å². The molecule has 0 saturated heterocycles. The van der Waals surface area contributed by atoms with Crippen LogP contribution in [0.25, 0.3) is 0 Å². The minimum Gasteiger partial charge on any atom is -0.370 e. The second-order valence-electron chi connectivity index (χ2n) is 4.14. The number of thioether (sulfide) groups is 1. The molecule has 18 heavy (non-hydrogen) atoms. The van der Waals surface area contributed by atoms with Crippen LogP contribution < -0.4 is 10.6 Å². The Balaban J connectivity index is 2.77. The molecule has 0 spiro atoms. The highest BCUT2D eigenvalue weighted by atomic mass is 32.2. The largest absolute Gasteiger partial charge is 0.370 e. The smallest absolute Gasteiger partial charge is 0.134 e. The van der Waals surface area contributed by atoms with Crippen molar-refractivity contribution in [3.63, 3.8) is 0 Å². The molecule has 1 heterocycles. The normalized spacial score (nSPS) is 12.2. The quantitative estimate of drug-likeness (QED) is 0.759. The van der Waals surface area contributed by atoms with E-state index in [9.17, 15) is 0 Å². The summed E-state index contributed by atoms with van der Waals surface area (Å²) < 4.78 is 0. The molecule has 0 bridgehead atoms. The molecule has 1 aromatic rings. The van der Waals surface area contributed by atoms with Gasteiger partial charge in [-0.1, -0.05) is 13.8 Å². The number of nitrogens with zero attached hydrogens (tertiary/aromatic N) is 2. The maximum atomic E-state index is 4.37. The van der Waals surface area contributed by atoms with E-state index in [-0.39, 0.29) is 0 Å². The van der Waals surface area contributed by atoms with E-state index in [1.54, 1.807) is 6.33 Å². The Kier molecular flexibility index (Phi) is 6.86. The summed E-state index contributed by atoms with van der Waals surface area (Å²) in [5.41, 5.74) is 1.17. The van der Waals surface area contributed by atoms with Crippen LogP contribution in [0.1, 0.15) is 33.3 Å². The molecular formula is C13H24N4S. The number of rotatable bonds is 8. The van der Waals surface area contributed by atoms with E-state index in [0.717, 1.165) is 36.1 Å². The summed E-state index contributed by atoms with van der Waals surface area (Å²) in [4.78, 5) is 8.67. The molecule has 1 atom stereocenters. The lowest BCUT2D eigenvalue weighted by Crippen LogP contribution is -2.20. The lowest BCUT2D eigenvalue weighted by molar-refractivity contribution is 0.887. The third-order valence-electron chi connectivity index (χ3n) is 2.60. The van der Waals surface area contributed by atoms with Crippen LogP contribution in [0.5, 0.6) is 0 Å². The summed E-state index contributed by atoms with van der Waals surface area (Å²) in [6, 6.07) is 0.421. The molecule has 1 unspecified atom stereocenters. The highest BCUT2D eigenvalue weighted by molar-refractivity contribution is 7.99. The van der Waals surface area contributed by atoms with Crippen LogP contribution in [-0.4, -0.2) is 34.1 Å². The summed E-state index contributed by atoms with van der Waals surface area (Å²) in [6.45, 7) is 9.47. The Morgan fingerprint density at radius 1 is 1.22 bits per heavy atom. The molecule has 0 fully saturated rings. The fourth-order valence-electron chi connectivity index (χ4n) is 1.76. The summed E-state index contributed by atoms with van der Waals surface area (Å²) in [7, 11) is 0. The molecule has 2 N–H and O–H groups in total. The molecule has 102 valence electrons.